The Morgan fingerprint density at radius 2 is 1.69 bits per heavy atom. The van der Waals surface area contributed by atoms with E-state index in [4.69, 9.17) is 10.5 Å². The molecule has 0 radical (unpaired) electrons. The summed E-state index contributed by atoms with van der Waals surface area (Å²) in [6, 6.07) is 20.0. The van der Waals surface area contributed by atoms with Crippen molar-refractivity contribution >= 4 is 27.3 Å². The number of amides is 1. The molecular formula is C21H21N3O4S. The molecule has 8 heteroatoms. The summed E-state index contributed by atoms with van der Waals surface area (Å²) < 4.78 is 33.2. The molecule has 0 spiro atoms. The molecule has 29 heavy (non-hydrogen) atoms. The molecule has 0 bridgehead atoms. The summed E-state index contributed by atoms with van der Waals surface area (Å²) in [4.78, 5) is 12.5. The summed E-state index contributed by atoms with van der Waals surface area (Å²) in [5, 5.41) is 2.75. The second-order valence-corrected chi connectivity index (χ2v) is 7.91. The number of sulfonamides is 1. The van der Waals surface area contributed by atoms with Crippen LogP contribution in [0, 0.1) is 0 Å². The number of anilines is 2. The van der Waals surface area contributed by atoms with Crippen molar-refractivity contribution < 1.29 is 17.9 Å². The Hall–Kier alpha value is -3.52. The lowest BCUT2D eigenvalue weighted by Crippen LogP contribution is -2.24. The fraction of sp³-hybridized carbons (Fsp3) is 0.0952. The zero-order chi connectivity index (χ0) is 20.9. The maximum Gasteiger partial charge on any atom is 0.262 e. The maximum absolute atomic E-state index is 12.8. The van der Waals surface area contributed by atoms with Crippen LogP contribution in [0.5, 0.6) is 5.75 Å². The second kappa shape index (κ2) is 8.66. The largest absolute Gasteiger partial charge is 0.495 e. The molecule has 3 aromatic rings. The average molecular weight is 411 g/mol. The fourth-order valence-electron chi connectivity index (χ4n) is 2.71. The normalized spacial score (nSPS) is 10.9. The first-order chi connectivity index (χ1) is 13.9. The Balaban J connectivity index is 1.82. The van der Waals surface area contributed by atoms with Gasteiger partial charge in [0.05, 0.1) is 23.3 Å². The Morgan fingerprint density at radius 1 is 1.00 bits per heavy atom. The lowest BCUT2D eigenvalue weighted by molar-refractivity contribution is 0.0951. The van der Waals surface area contributed by atoms with Gasteiger partial charge in [0.25, 0.3) is 15.9 Å². The number of benzene rings is 3. The van der Waals surface area contributed by atoms with Crippen LogP contribution in [-0.4, -0.2) is 21.4 Å². The zero-order valence-electron chi connectivity index (χ0n) is 15.8. The van der Waals surface area contributed by atoms with Crippen LogP contribution in [0.2, 0.25) is 0 Å². The molecule has 3 rings (SSSR count). The van der Waals surface area contributed by atoms with Crippen LogP contribution in [0.4, 0.5) is 11.4 Å². The van der Waals surface area contributed by atoms with E-state index < -0.39 is 15.9 Å². The Kier molecular flexibility index (Phi) is 6.04. The summed E-state index contributed by atoms with van der Waals surface area (Å²) >= 11 is 0. The number of ether oxygens (including phenoxy) is 1. The highest BCUT2D eigenvalue weighted by atomic mass is 32.2. The van der Waals surface area contributed by atoms with Gasteiger partial charge in [-0.25, -0.2) is 8.42 Å². The van der Waals surface area contributed by atoms with Gasteiger partial charge in [-0.3, -0.25) is 9.52 Å². The topological polar surface area (TPSA) is 111 Å². The van der Waals surface area contributed by atoms with Crippen LogP contribution >= 0.6 is 0 Å². The highest BCUT2D eigenvalue weighted by Crippen LogP contribution is 2.27. The standard InChI is InChI=1S/C21H21N3O4S/c1-28-20-10-6-5-9-19(20)24-29(26,27)16-11-12-18(22)17(13-16)21(25)23-14-15-7-3-2-4-8-15/h2-13,24H,14,22H2,1H3,(H,23,25). The third-order valence-corrected chi connectivity index (χ3v) is 5.59. The molecule has 0 saturated carbocycles. The van der Waals surface area contributed by atoms with Crippen LogP contribution in [0.3, 0.4) is 0 Å². The SMILES string of the molecule is COc1ccccc1NS(=O)(=O)c1ccc(N)c(C(=O)NCc2ccccc2)c1. The number of nitrogen functional groups attached to an aromatic ring is 1. The minimum absolute atomic E-state index is 0.0810. The summed E-state index contributed by atoms with van der Waals surface area (Å²) in [5.41, 5.74) is 7.39. The van der Waals surface area contributed by atoms with Gasteiger partial charge in [0.1, 0.15) is 5.75 Å². The first-order valence-corrected chi connectivity index (χ1v) is 10.3. The Labute approximate surface area is 169 Å². The Morgan fingerprint density at radius 3 is 2.41 bits per heavy atom. The lowest BCUT2D eigenvalue weighted by Gasteiger charge is -2.13. The molecule has 1 amide bonds. The van der Waals surface area contributed by atoms with E-state index in [0.717, 1.165) is 5.56 Å². The maximum atomic E-state index is 12.8. The second-order valence-electron chi connectivity index (χ2n) is 6.22. The summed E-state index contributed by atoms with van der Waals surface area (Å²) in [7, 11) is -2.50. The van der Waals surface area contributed by atoms with Gasteiger partial charge in [-0.15, -0.1) is 0 Å². The zero-order valence-corrected chi connectivity index (χ0v) is 16.6. The molecule has 3 aromatic carbocycles. The van der Waals surface area contributed by atoms with Crippen LogP contribution in [-0.2, 0) is 16.6 Å². The number of hydrogen-bond acceptors (Lipinski definition) is 5. The molecule has 0 aliphatic rings. The predicted octanol–water partition coefficient (Wildman–Crippen LogP) is 3.01. The number of nitrogens with two attached hydrogens (primary N) is 1. The minimum atomic E-state index is -3.95. The van der Waals surface area contributed by atoms with E-state index in [0.29, 0.717) is 18.0 Å². The molecular weight excluding hydrogens is 390 g/mol. The van der Waals surface area contributed by atoms with Crippen molar-refractivity contribution in [1.29, 1.82) is 0 Å². The molecule has 7 nitrogen and oxygen atoms in total. The van der Waals surface area contributed by atoms with Crippen molar-refractivity contribution in [3.05, 3.63) is 83.9 Å². The average Bonchev–Trinajstić information content (AvgIpc) is 2.73. The molecule has 0 aliphatic heterocycles. The highest BCUT2D eigenvalue weighted by molar-refractivity contribution is 7.92. The molecule has 0 unspecified atom stereocenters. The monoisotopic (exact) mass is 411 g/mol. The van der Waals surface area contributed by atoms with E-state index in [-0.39, 0.29) is 16.1 Å². The fourth-order valence-corrected chi connectivity index (χ4v) is 3.80. The summed E-state index contributed by atoms with van der Waals surface area (Å²) in [6.45, 7) is 0.301. The van der Waals surface area contributed by atoms with Gasteiger partial charge in [-0.2, -0.15) is 0 Å². The van der Waals surface area contributed by atoms with E-state index >= 15 is 0 Å². The smallest absolute Gasteiger partial charge is 0.262 e. The minimum Gasteiger partial charge on any atom is -0.495 e. The van der Waals surface area contributed by atoms with Gasteiger partial charge in [0.2, 0.25) is 0 Å². The number of hydrogen-bond donors (Lipinski definition) is 3. The molecule has 0 heterocycles. The van der Waals surface area contributed by atoms with Crippen LogP contribution < -0.4 is 20.5 Å². The van der Waals surface area contributed by atoms with Gasteiger partial charge in [0.15, 0.2) is 0 Å². The van der Waals surface area contributed by atoms with Gasteiger partial charge < -0.3 is 15.8 Å². The van der Waals surface area contributed by atoms with Gasteiger partial charge in [-0.05, 0) is 35.9 Å². The number of rotatable bonds is 7. The van der Waals surface area contributed by atoms with E-state index in [1.54, 1.807) is 24.3 Å². The molecule has 4 N–H and O–H groups in total. The molecule has 150 valence electrons. The van der Waals surface area contributed by atoms with Crippen molar-refractivity contribution in [3.8, 4) is 5.75 Å². The van der Waals surface area contributed by atoms with Crippen LogP contribution in [0.25, 0.3) is 0 Å². The van der Waals surface area contributed by atoms with Crippen LogP contribution in [0.15, 0.2) is 77.7 Å². The van der Waals surface area contributed by atoms with Crippen molar-refractivity contribution in [1.82, 2.24) is 5.32 Å². The quantitative estimate of drug-likeness (QED) is 0.518. The number of methoxy groups -OCH3 is 1. The van der Waals surface area contributed by atoms with Crippen LogP contribution in [0.1, 0.15) is 15.9 Å². The summed E-state index contributed by atoms with van der Waals surface area (Å²) in [6.07, 6.45) is 0. The van der Waals surface area contributed by atoms with E-state index in [9.17, 15) is 13.2 Å². The van der Waals surface area contributed by atoms with Gasteiger partial charge in [0, 0.05) is 12.2 Å². The number of carbonyl (C=O) groups is 1. The molecule has 0 fully saturated rings. The van der Waals surface area contributed by atoms with Crippen molar-refractivity contribution in [2.45, 2.75) is 11.4 Å². The van der Waals surface area contributed by atoms with Crippen molar-refractivity contribution in [2.75, 3.05) is 17.6 Å². The van der Waals surface area contributed by atoms with Gasteiger partial charge >= 0.3 is 0 Å². The number of para-hydroxylation sites is 2. The lowest BCUT2D eigenvalue weighted by atomic mass is 10.1. The first kappa shape index (κ1) is 20.2. The predicted molar refractivity (Wildman–Crippen MR) is 112 cm³/mol. The third kappa shape index (κ3) is 4.85. The molecule has 0 atom stereocenters. The van der Waals surface area contributed by atoms with E-state index in [1.165, 1.54) is 25.3 Å². The van der Waals surface area contributed by atoms with Crippen molar-refractivity contribution in [2.24, 2.45) is 0 Å². The number of carbonyl (C=O) groups excluding carboxylic acids is 1. The highest BCUT2D eigenvalue weighted by Gasteiger charge is 2.20. The molecule has 0 aliphatic carbocycles. The summed E-state index contributed by atoms with van der Waals surface area (Å²) in [5.74, 6) is -0.0759. The van der Waals surface area contributed by atoms with E-state index in [1.807, 2.05) is 30.3 Å². The van der Waals surface area contributed by atoms with Gasteiger partial charge in [-0.1, -0.05) is 42.5 Å². The molecule has 0 saturated heterocycles. The molecule has 0 aromatic heterocycles. The first-order valence-electron chi connectivity index (χ1n) is 8.78. The third-order valence-electron chi connectivity index (χ3n) is 4.23. The Bertz CT molecular complexity index is 1120. The number of nitrogens with one attached hydrogen (secondary N) is 2. The van der Waals surface area contributed by atoms with E-state index in [2.05, 4.69) is 10.0 Å². The van der Waals surface area contributed by atoms with Crippen molar-refractivity contribution in [3.63, 3.8) is 0 Å².